The molecule has 2 nitrogen and oxygen atoms in total. The smallest absolute Gasteiger partial charge is 0.0943 e. The van der Waals surface area contributed by atoms with Gasteiger partial charge in [-0.15, -0.1) is 0 Å². The molecule has 0 aromatic heterocycles. The van der Waals surface area contributed by atoms with Gasteiger partial charge in [0.1, 0.15) is 0 Å². The maximum absolute atomic E-state index is 5.54. The van der Waals surface area contributed by atoms with Gasteiger partial charge in [0.25, 0.3) is 0 Å². The van der Waals surface area contributed by atoms with E-state index in [4.69, 9.17) is 10.5 Å². The van der Waals surface area contributed by atoms with Crippen molar-refractivity contribution in [1.29, 1.82) is 0 Å². The standard InChI is InChI=1S/C9H12INO/c1-12-9(6-11)7-3-2-4-8(10)5-7/h2-5,9H,6,11H2,1H3. The second-order valence-electron chi connectivity index (χ2n) is 2.52. The largest absolute Gasteiger partial charge is 0.375 e. The van der Waals surface area contributed by atoms with E-state index >= 15 is 0 Å². The van der Waals surface area contributed by atoms with E-state index in [0.717, 1.165) is 5.56 Å². The highest BCUT2D eigenvalue weighted by Crippen LogP contribution is 2.17. The van der Waals surface area contributed by atoms with Crippen LogP contribution in [0.2, 0.25) is 0 Å². The van der Waals surface area contributed by atoms with E-state index in [1.165, 1.54) is 3.57 Å². The van der Waals surface area contributed by atoms with Gasteiger partial charge in [-0.1, -0.05) is 12.1 Å². The highest BCUT2D eigenvalue weighted by Gasteiger charge is 2.06. The van der Waals surface area contributed by atoms with Crippen molar-refractivity contribution in [3.05, 3.63) is 33.4 Å². The van der Waals surface area contributed by atoms with Crippen LogP contribution in [0.4, 0.5) is 0 Å². The van der Waals surface area contributed by atoms with E-state index in [9.17, 15) is 0 Å². The Labute approximate surface area is 86.2 Å². The van der Waals surface area contributed by atoms with Gasteiger partial charge in [0.05, 0.1) is 6.10 Å². The quantitative estimate of drug-likeness (QED) is 0.857. The maximum Gasteiger partial charge on any atom is 0.0943 e. The van der Waals surface area contributed by atoms with Crippen molar-refractivity contribution in [2.24, 2.45) is 5.73 Å². The number of nitrogens with two attached hydrogens (primary N) is 1. The molecule has 0 saturated carbocycles. The predicted molar refractivity (Wildman–Crippen MR) is 58.0 cm³/mol. The van der Waals surface area contributed by atoms with Crippen LogP contribution in [0.15, 0.2) is 24.3 Å². The molecule has 1 aromatic carbocycles. The first-order chi connectivity index (χ1) is 5.77. The zero-order chi connectivity index (χ0) is 8.97. The van der Waals surface area contributed by atoms with Crippen molar-refractivity contribution >= 4 is 22.6 Å². The third-order valence-corrected chi connectivity index (χ3v) is 2.39. The van der Waals surface area contributed by atoms with Crippen molar-refractivity contribution in [1.82, 2.24) is 0 Å². The van der Waals surface area contributed by atoms with E-state index < -0.39 is 0 Å². The van der Waals surface area contributed by atoms with Crippen LogP contribution in [0.25, 0.3) is 0 Å². The summed E-state index contributed by atoms with van der Waals surface area (Å²) in [4.78, 5) is 0. The number of rotatable bonds is 3. The molecule has 1 atom stereocenters. The van der Waals surface area contributed by atoms with Gasteiger partial charge in [-0.05, 0) is 40.3 Å². The molecule has 0 aliphatic rings. The lowest BCUT2D eigenvalue weighted by molar-refractivity contribution is 0.110. The molecule has 1 rings (SSSR count). The second kappa shape index (κ2) is 4.79. The summed E-state index contributed by atoms with van der Waals surface area (Å²) in [6, 6.07) is 8.18. The molecule has 0 aliphatic carbocycles. The highest BCUT2D eigenvalue weighted by atomic mass is 127. The SMILES string of the molecule is COC(CN)c1cccc(I)c1. The van der Waals surface area contributed by atoms with Crippen molar-refractivity contribution in [3.63, 3.8) is 0 Å². The Morgan fingerprint density at radius 1 is 1.58 bits per heavy atom. The minimum absolute atomic E-state index is 0.0275. The van der Waals surface area contributed by atoms with Gasteiger partial charge in [-0.3, -0.25) is 0 Å². The van der Waals surface area contributed by atoms with Crippen molar-refractivity contribution in [2.75, 3.05) is 13.7 Å². The first-order valence-corrected chi connectivity index (χ1v) is 4.84. The fraction of sp³-hybridized carbons (Fsp3) is 0.333. The van der Waals surface area contributed by atoms with E-state index in [1.54, 1.807) is 7.11 Å². The van der Waals surface area contributed by atoms with Crippen LogP contribution >= 0.6 is 22.6 Å². The summed E-state index contributed by atoms with van der Waals surface area (Å²) in [6.45, 7) is 0.524. The number of ether oxygens (including phenoxy) is 1. The number of hydrogen-bond donors (Lipinski definition) is 1. The minimum Gasteiger partial charge on any atom is -0.375 e. The third kappa shape index (κ3) is 2.43. The Morgan fingerprint density at radius 2 is 2.33 bits per heavy atom. The van der Waals surface area contributed by atoms with E-state index in [-0.39, 0.29) is 6.10 Å². The van der Waals surface area contributed by atoms with Gasteiger partial charge >= 0.3 is 0 Å². The fourth-order valence-electron chi connectivity index (χ4n) is 1.08. The van der Waals surface area contributed by atoms with Crippen LogP contribution in [-0.4, -0.2) is 13.7 Å². The van der Waals surface area contributed by atoms with E-state index in [2.05, 4.69) is 28.7 Å². The molecular weight excluding hydrogens is 265 g/mol. The second-order valence-corrected chi connectivity index (χ2v) is 3.76. The Bertz CT molecular complexity index is 248. The Kier molecular flexibility index (Phi) is 3.97. The number of methoxy groups -OCH3 is 1. The summed E-state index contributed by atoms with van der Waals surface area (Å²) in [7, 11) is 1.68. The third-order valence-electron chi connectivity index (χ3n) is 1.72. The van der Waals surface area contributed by atoms with Crippen molar-refractivity contribution < 1.29 is 4.74 Å². The van der Waals surface area contributed by atoms with Gasteiger partial charge in [0.15, 0.2) is 0 Å². The van der Waals surface area contributed by atoms with E-state index in [1.807, 2.05) is 18.2 Å². The Hall–Kier alpha value is -0.130. The number of benzene rings is 1. The molecule has 1 unspecified atom stereocenters. The lowest BCUT2D eigenvalue weighted by Crippen LogP contribution is -2.14. The summed E-state index contributed by atoms with van der Waals surface area (Å²) in [5.74, 6) is 0. The maximum atomic E-state index is 5.54. The van der Waals surface area contributed by atoms with Gasteiger partial charge in [0, 0.05) is 17.2 Å². The molecule has 3 heteroatoms. The molecular formula is C9H12INO. The molecule has 0 aliphatic heterocycles. The average Bonchev–Trinajstić information content (AvgIpc) is 2.07. The van der Waals surface area contributed by atoms with Gasteiger partial charge in [-0.2, -0.15) is 0 Å². The summed E-state index contributed by atoms with van der Waals surface area (Å²) in [5, 5.41) is 0. The number of halogens is 1. The fourth-order valence-corrected chi connectivity index (χ4v) is 1.64. The lowest BCUT2D eigenvalue weighted by Gasteiger charge is -2.12. The minimum atomic E-state index is 0.0275. The predicted octanol–water partition coefficient (Wildman–Crippen LogP) is 1.94. The first kappa shape index (κ1) is 9.95. The van der Waals surface area contributed by atoms with Gasteiger partial charge in [0.2, 0.25) is 0 Å². The van der Waals surface area contributed by atoms with E-state index in [0.29, 0.717) is 6.54 Å². The monoisotopic (exact) mass is 277 g/mol. The topological polar surface area (TPSA) is 35.2 Å². The summed E-state index contributed by atoms with van der Waals surface area (Å²) in [6.07, 6.45) is 0.0275. The molecule has 0 radical (unpaired) electrons. The van der Waals surface area contributed by atoms with Crippen molar-refractivity contribution in [2.45, 2.75) is 6.10 Å². The van der Waals surface area contributed by atoms with Gasteiger partial charge in [-0.25, -0.2) is 0 Å². The van der Waals surface area contributed by atoms with Crippen LogP contribution in [0, 0.1) is 3.57 Å². The molecule has 0 bridgehead atoms. The first-order valence-electron chi connectivity index (χ1n) is 3.76. The number of hydrogen-bond acceptors (Lipinski definition) is 2. The lowest BCUT2D eigenvalue weighted by atomic mass is 10.1. The highest BCUT2D eigenvalue weighted by molar-refractivity contribution is 14.1. The zero-order valence-electron chi connectivity index (χ0n) is 6.96. The molecule has 0 amide bonds. The summed E-state index contributed by atoms with van der Waals surface area (Å²) in [5.41, 5.74) is 6.68. The molecule has 66 valence electrons. The molecule has 0 heterocycles. The van der Waals surface area contributed by atoms with Crippen LogP contribution in [-0.2, 0) is 4.74 Å². The average molecular weight is 277 g/mol. The van der Waals surface area contributed by atoms with Gasteiger partial charge < -0.3 is 10.5 Å². The Balaban J connectivity index is 2.85. The molecule has 12 heavy (non-hydrogen) atoms. The molecule has 2 N–H and O–H groups in total. The zero-order valence-corrected chi connectivity index (χ0v) is 9.11. The van der Waals surface area contributed by atoms with Crippen LogP contribution < -0.4 is 5.73 Å². The molecule has 0 saturated heterocycles. The van der Waals surface area contributed by atoms with Crippen molar-refractivity contribution in [3.8, 4) is 0 Å². The molecule has 0 fully saturated rings. The van der Waals surface area contributed by atoms with Crippen LogP contribution in [0.3, 0.4) is 0 Å². The Morgan fingerprint density at radius 3 is 2.83 bits per heavy atom. The summed E-state index contributed by atoms with van der Waals surface area (Å²) >= 11 is 2.28. The normalized spacial score (nSPS) is 12.9. The van der Waals surface area contributed by atoms with Crippen LogP contribution in [0.1, 0.15) is 11.7 Å². The molecule has 0 spiro atoms. The molecule has 1 aromatic rings. The van der Waals surface area contributed by atoms with Crippen LogP contribution in [0.5, 0.6) is 0 Å². The summed E-state index contributed by atoms with van der Waals surface area (Å²) < 4.78 is 6.42.